The number of carbonyl (C=O) groups is 1. The Bertz CT molecular complexity index is 551. The predicted octanol–water partition coefficient (Wildman–Crippen LogP) is 4.61. The van der Waals surface area contributed by atoms with E-state index >= 15 is 0 Å². The number of anilines is 1. The van der Waals surface area contributed by atoms with Gasteiger partial charge < -0.3 is 10.4 Å². The van der Waals surface area contributed by atoms with Gasteiger partial charge >= 0.3 is 5.97 Å². The first-order valence-electron chi connectivity index (χ1n) is 9.42. The lowest BCUT2D eigenvalue weighted by atomic mass is 9.97. The number of para-hydroxylation sites is 1. The number of unbranched alkanes of at least 4 members (excludes halogenated alkanes) is 2. The third kappa shape index (κ3) is 7.70. The second-order valence-electron chi connectivity index (χ2n) is 6.95. The Hall–Kier alpha value is -1.66. The fraction of sp³-hybridized carbons (Fsp3) is 0.600. The topological polar surface area (TPSA) is 55.8 Å². The van der Waals surface area contributed by atoms with Gasteiger partial charge in [0.2, 0.25) is 0 Å². The highest BCUT2D eigenvalue weighted by molar-refractivity contribution is 7.80. The van der Waals surface area contributed by atoms with Crippen LogP contribution in [0.5, 0.6) is 0 Å². The van der Waals surface area contributed by atoms with Gasteiger partial charge in [0.15, 0.2) is 5.11 Å². The van der Waals surface area contributed by atoms with E-state index in [0.717, 1.165) is 31.4 Å². The van der Waals surface area contributed by atoms with Crippen molar-refractivity contribution in [2.45, 2.75) is 58.4 Å². The van der Waals surface area contributed by atoms with Crippen LogP contribution in [-0.2, 0) is 4.79 Å². The molecule has 0 saturated heterocycles. The van der Waals surface area contributed by atoms with Crippen LogP contribution >= 0.6 is 12.2 Å². The summed E-state index contributed by atoms with van der Waals surface area (Å²) in [7, 11) is 3.96. The molecule has 0 amide bonds. The molecule has 1 aromatic rings. The third-order valence-corrected chi connectivity index (χ3v) is 4.79. The highest BCUT2D eigenvalue weighted by Gasteiger charge is 2.25. The Morgan fingerprint density at radius 1 is 1.15 bits per heavy atom. The third-order valence-electron chi connectivity index (χ3n) is 4.51. The molecule has 1 rings (SSSR count). The molecule has 0 fully saturated rings. The average molecular weight is 380 g/mol. The quantitative estimate of drug-likeness (QED) is 0.333. The van der Waals surface area contributed by atoms with E-state index in [2.05, 4.69) is 17.2 Å². The molecule has 0 heterocycles. The van der Waals surface area contributed by atoms with Gasteiger partial charge in [-0.25, -0.2) is 5.01 Å². The SMILES string of the molecule is CCCCCC(CCC(C)C(=O)O)N(C(=S)Nc1ccccc1)N(C)C. The summed E-state index contributed by atoms with van der Waals surface area (Å²) >= 11 is 5.68. The summed E-state index contributed by atoms with van der Waals surface area (Å²) in [6.45, 7) is 3.96. The largest absolute Gasteiger partial charge is 0.481 e. The van der Waals surface area contributed by atoms with E-state index in [1.54, 1.807) is 6.92 Å². The lowest BCUT2D eigenvalue weighted by molar-refractivity contribution is -0.141. The minimum atomic E-state index is -0.737. The van der Waals surface area contributed by atoms with Gasteiger partial charge in [-0.2, -0.15) is 0 Å². The van der Waals surface area contributed by atoms with Gasteiger partial charge in [-0.3, -0.25) is 9.80 Å². The summed E-state index contributed by atoms with van der Waals surface area (Å²) in [5, 5.41) is 17.2. The van der Waals surface area contributed by atoms with Gasteiger partial charge in [0.25, 0.3) is 0 Å². The molecule has 2 unspecified atom stereocenters. The Morgan fingerprint density at radius 2 is 1.81 bits per heavy atom. The maximum atomic E-state index is 11.2. The normalized spacial score (nSPS) is 13.3. The van der Waals surface area contributed by atoms with Crippen LogP contribution in [0.3, 0.4) is 0 Å². The summed E-state index contributed by atoms with van der Waals surface area (Å²) in [5.74, 6) is -1.08. The molecule has 2 atom stereocenters. The van der Waals surface area contributed by atoms with E-state index in [1.165, 1.54) is 6.42 Å². The first-order valence-corrected chi connectivity index (χ1v) is 9.82. The summed E-state index contributed by atoms with van der Waals surface area (Å²) in [4.78, 5) is 11.2. The molecule has 26 heavy (non-hydrogen) atoms. The summed E-state index contributed by atoms with van der Waals surface area (Å²) < 4.78 is 0. The van der Waals surface area contributed by atoms with E-state index in [9.17, 15) is 9.90 Å². The molecule has 0 aliphatic rings. The van der Waals surface area contributed by atoms with Crippen LogP contribution in [0.2, 0.25) is 0 Å². The van der Waals surface area contributed by atoms with Crippen molar-refractivity contribution < 1.29 is 9.90 Å². The number of hydrogen-bond acceptors (Lipinski definition) is 3. The van der Waals surface area contributed by atoms with Crippen molar-refractivity contribution in [3.63, 3.8) is 0 Å². The van der Waals surface area contributed by atoms with Gasteiger partial charge in [-0.1, -0.05) is 51.3 Å². The standard InChI is InChI=1S/C20H33N3O2S/c1-5-6-8-13-18(15-14-16(2)19(24)25)23(22(3)4)20(26)21-17-11-9-7-10-12-17/h7,9-12,16,18H,5-6,8,13-15H2,1-4H3,(H,21,26)(H,24,25). The number of hydrogen-bond donors (Lipinski definition) is 2. The average Bonchev–Trinajstić information content (AvgIpc) is 2.59. The molecule has 5 nitrogen and oxygen atoms in total. The van der Waals surface area contributed by atoms with Crippen LogP contribution in [0.25, 0.3) is 0 Å². The lowest BCUT2D eigenvalue weighted by Gasteiger charge is -2.39. The van der Waals surface area contributed by atoms with Gasteiger partial charge in [-0.05, 0) is 43.6 Å². The van der Waals surface area contributed by atoms with Gasteiger partial charge in [0.1, 0.15) is 0 Å². The summed E-state index contributed by atoms with van der Waals surface area (Å²) in [6, 6.07) is 10.1. The van der Waals surface area contributed by atoms with E-state index < -0.39 is 5.97 Å². The Morgan fingerprint density at radius 3 is 2.35 bits per heavy atom. The van der Waals surface area contributed by atoms with Crippen LogP contribution in [0.15, 0.2) is 30.3 Å². The number of carboxylic acids is 1. The minimum absolute atomic E-state index is 0.182. The summed E-state index contributed by atoms with van der Waals surface area (Å²) in [5.41, 5.74) is 0.954. The van der Waals surface area contributed by atoms with Crippen LogP contribution in [-0.4, -0.2) is 46.3 Å². The molecular formula is C20H33N3O2S. The number of thiocarbonyl (C=S) groups is 1. The maximum absolute atomic E-state index is 11.2. The number of aliphatic carboxylic acids is 1. The van der Waals surface area contributed by atoms with Crippen molar-refractivity contribution in [3.05, 3.63) is 30.3 Å². The van der Waals surface area contributed by atoms with Gasteiger partial charge in [0.05, 0.1) is 5.92 Å². The molecule has 0 spiro atoms. The van der Waals surface area contributed by atoms with E-state index in [1.807, 2.05) is 49.4 Å². The minimum Gasteiger partial charge on any atom is -0.481 e. The van der Waals surface area contributed by atoms with Gasteiger partial charge in [-0.15, -0.1) is 0 Å². The zero-order valence-corrected chi connectivity index (χ0v) is 17.3. The van der Waals surface area contributed by atoms with Crippen LogP contribution < -0.4 is 5.32 Å². The molecule has 0 aliphatic carbocycles. The molecule has 2 N–H and O–H groups in total. The van der Waals surface area contributed by atoms with E-state index in [-0.39, 0.29) is 12.0 Å². The zero-order chi connectivity index (χ0) is 19.5. The Kier molecular flexibility index (Phi) is 10.2. The predicted molar refractivity (Wildman–Crippen MR) is 112 cm³/mol. The molecule has 146 valence electrons. The van der Waals surface area contributed by atoms with Crippen LogP contribution in [0.4, 0.5) is 5.69 Å². The number of nitrogens with zero attached hydrogens (tertiary/aromatic N) is 2. The van der Waals surface area contributed by atoms with Crippen molar-refractivity contribution in [3.8, 4) is 0 Å². The number of carboxylic acid groups (broad SMARTS) is 1. The first-order chi connectivity index (χ1) is 12.4. The van der Waals surface area contributed by atoms with Crippen molar-refractivity contribution in [2.75, 3.05) is 19.4 Å². The highest BCUT2D eigenvalue weighted by Crippen LogP contribution is 2.21. The fourth-order valence-electron chi connectivity index (χ4n) is 2.96. The molecule has 6 heteroatoms. The first kappa shape index (κ1) is 22.4. The molecule has 0 aromatic heterocycles. The molecule has 0 saturated carbocycles. The number of nitrogens with one attached hydrogen (secondary N) is 1. The Balaban J connectivity index is 2.86. The van der Waals surface area contributed by atoms with Crippen molar-refractivity contribution in [1.29, 1.82) is 0 Å². The van der Waals surface area contributed by atoms with E-state index in [0.29, 0.717) is 11.5 Å². The monoisotopic (exact) mass is 379 g/mol. The highest BCUT2D eigenvalue weighted by atomic mass is 32.1. The number of hydrazine groups is 1. The number of benzene rings is 1. The second-order valence-corrected chi connectivity index (χ2v) is 7.34. The molecule has 0 radical (unpaired) electrons. The smallest absolute Gasteiger partial charge is 0.306 e. The zero-order valence-electron chi connectivity index (χ0n) is 16.4. The van der Waals surface area contributed by atoms with Crippen LogP contribution in [0.1, 0.15) is 52.4 Å². The van der Waals surface area contributed by atoms with Crippen LogP contribution in [0, 0.1) is 5.92 Å². The lowest BCUT2D eigenvalue weighted by Crippen LogP contribution is -2.50. The molecule has 1 aromatic carbocycles. The number of rotatable bonds is 11. The Labute approximate surface area is 163 Å². The summed E-state index contributed by atoms with van der Waals surface area (Å²) in [6.07, 6.45) is 5.88. The molecule has 0 aliphatic heterocycles. The van der Waals surface area contributed by atoms with Crippen molar-refractivity contribution in [2.24, 2.45) is 5.92 Å². The molecule has 0 bridgehead atoms. The maximum Gasteiger partial charge on any atom is 0.306 e. The fourth-order valence-corrected chi connectivity index (χ4v) is 3.39. The van der Waals surface area contributed by atoms with Gasteiger partial charge in [0, 0.05) is 25.8 Å². The van der Waals surface area contributed by atoms with Crippen molar-refractivity contribution >= 4 is 29.0 Å². The van der Waals surface area contributed by atoms with Crippen molar-refractivity contribution in [1.82, 2.24) is 10.0 Å². The van der Waals surface area contributed by atoms with E-state index in [4.69, 9.17) is 12.2 Å². The molecular weight excluding hydrogens is 346 g/mol. The second kappa shape index (κ2) is 11.9.